The van der Waals surface area contributed by atoms with Gasteiger partial charge in [0.05, 0.1) is 18.7 Å². The maximum absolute atomic E-state index is 13.4. The number of likely N-dealkylation sites (tertiary alicyclic amines) is 2. The van der Waals surface area contributed by atoms with Crippen molar-refractivity contribution in [3.8, 4) is 28.7 Å². The number of ketones is 1. The van der Waals surface area contributed by atoms with Crippen LogP contribution in [-0.2, 0) is 9.59 Å². The molecule has 1 amide bonds. The fourth-order valence-corrected chi connectivity index (χ4v) is 5.37. The zero-order valence-electron chi connectivity index (χ0n) is 20.5. The molecule has 4 aliphatic heterocycles. The number of nitrogens with zero attached hydrogens (tertiary/aromatic N) is 2. The van der Waals surface area contributed by atoms with Crippen molar-refractivity contribution in [3.05, 3.63) is 47.0 Å². The first-order chi connectivity index (χ1) is 18.0. The summed E-state index contributed by atoms with van der Waals surface area (Å²) in [5, 5.41) is 11.4. The number of rotatable bonds is 6. The summed E-state index contributed by atoms with van der Waals surface area (Å²) in [6.07, 6.45) is 2.23. The quantitative estimate of drug-likeness (QED) is 0.358. The lowest BCUT2D eigenvalue weighted by molar-refractivity contribution is -0.140. The topological polar surface area (TPSA) is 107 Å². The summed E-state index contributed by atoms with van der Waals surface area (Å²) in [6, 6.07) is 7.59. The number of carbonyl (C=O) groups is 2. The van der Waals surface area contributed by atoms with Crippen LogP contribution in [0.2, 0.25) is 0 Å². The molecule has 10 nitrogen and oxygen atoms in total. The van der Waals surface area contributed by atoms with Crippen LogP contribution >= 0.6 is 0 Å². The van der Waals surface area contributed by atoms with E-state index in [4.69, 9.17) is 23.7 Å². The number of hydrogen-bond donors (Lipinski definition) is 1. The van der Waals surface area contributed by atoms with Crippen LogP contribution in [0.4, 0.5) is 0 Å². The molecule has 0 aromatic heterocycles. The number of hydrogen-bond acceptors (Lipinski definition) is 9. The van der Waals surface area contributed by atoms with Crippen LogP contribution < -0.4 is 23.7 Å². The number of aliphatic hydroxyl groups is 1. The SMILES string of the molecule is COc1cc([C@@H]2C(=C(O)c3ccc4c(c3)OCCO4)C(=O)C(=O)N2CCN2CCCC2)cc2c1OCO2. The Morgan fingerprint density at radius 2 is 1.76 bits per heavy atom. The molecule has 194 valence electrons. The minimum absolute atomic E-state index is 0.00372. The van der Waals surface area contributed by atoms with Gasteiger partial charge in [-0.05, 0) is 61.8 Å². The summed E-state index contributed by atoms with van der Waals surface area (Å²) in [5.74, 6) is 0.710. The van der Waals surface area contributed by atoms with Crippen LogP contribution in [-0.4, -0.2) is 79.9 Å². The molecule has 2 fully saturated rings. The maximum atomic E-state index is 13.4. The molecule has 2 saturated heterocycles. The number of benzene rings is 2. The molecule has 4 heterocycles. The fraction of sp³-hybridized carbons (Fsp3) is 0.407. The first-order valence-corrected chi connectivity index (χ1v) is 12.4. The van der Waals surface area contributed by atoms with Gasteiger partial charge in [-0.3, -0.25) is 9.59 Å². The number of Topliss-reactive ketones (excluding diaryl/α,β-unsaturated/α-hetero) is 1. The molecule has 2 aromatic carbocycles. The number of methoxy groups -OCH3 is 1. The average Bonchev–Trinajstić information content (AvgIpc) is 3.67. The van der Waals surface area contributed by atoms with Crippen molar-refractivity contribution >= 4 is 17.4 Å². The Hall–Kier alpha value is -3.92. The summed E-state index contributed by atoms with van der Waals surface area (Å²) >= 11 is 0. The molecule has 2 aromatic rings. The third kappa shape index (κ3) is 4.11. The van der Waals surface area contributed by atoms with E-state index in [1.165, 1.54) is 12.0 Å². The highest BCUT2D eigenvalue weighted by Crippen LogP contribution is 2.47. The highest BCUT2D eigenvalue weighted by atomic mass is 16.7. The first kappa shape index (κ1) is 23.5. The molecule has 0 radical (unpaired) electrons. The maximum Gasteiger partial charge on any atom is 0.295 e. The van der Waals surface area contributed by atoms with Crippen LogP contribution in [0.25, 0.3) is 5.76 Å². The van der Waals surface area contributed by atoms with Crippen LogP contribution in [0.5, 0.6) is 28.7 Å². The number of ether oxygens (including phenoxy) is 5. The van der Waals surface area contributed by atoms with E-state index in [-0.39, 0.29) is 18.1 Å². The lowest BCUT2D eigenvalue weighted by Crippen LogP contribution is -2.37. The van der Waals surface area contributed by atoms with Crippen molar-refractivity contribution in [2.45, 2.75) is 18.9 Å². The lowest BCUT2D eigenvalue weighted by atomic mass is 9.94. The van der Waals surface area contributed by atoms with E-state index in [9.17, 15) is 14.7 Å². The summed E-state index contributed by atoms with van der Waals surface area (Å²) < 4.78 is 27.9. The predicted molar refractivity (Wildman–Crippen MR) is 131 cm³/mol. The van der Waals surface area contributed by atoms with Gasteiger partial charge in [0.25, 0.3) is 11.7 Å². The molecule has 4 aliphatic rings. The highest BCUT2D eigenvalue weighted by Gasteiger charge is 2.47. The Morgan fingerprint density at radius 1 is 0.973 bits per heavy atom. The molecule has 0 spiro atoms. The zero-order valence-corrected chi connectivity index (χ0v) is 20.5. The van der Waals surface area contributed by atoms with Gasteiger partial charge in [0.15, 0.2) is 23.0 Å². The minimum atomic E-state index is -0.834. The number of aliphatic hydroxyl groups excluding tert-OH is 1. The van der Waals surface area contributed by atoms with E-state index in [1.807, 2.05) is 0 Å². The van der Waals surface area contributed by atoms with Crippen LogP contribution in [0, 0.1) is 0 Å². The molecule has 0 saturated carbocycles. The van der Waals surface area contributed by atoms with Gasteiger partial charge in [0.2, 0.25) is 12.5 Å². The molecule has 0 unspecified atom stereocenters. The molecule has 0 bridgehead atoms. The fourth-order valence-electron chi connectivity index (χ4n) is 5.37. The summed E-state index contributed by atoms with van der Waals surface area (Å²) in [6.45, 7) is 3.76. The number of carbonyl (C=O) groups excluding carboxylic acids is 2. The Kier molecular flexibility index (Phi) is 6.03. The van der Waals surface area contributed by atoms with E-state index in [0.717, 1.165) is 25.9 Å². The number of amides is 1. The van der Waals surface area contributed by atoms with E-state index in [1.54, 1.807) is 30.3 Å². The van der Waals surface area contributed by atoms with Crippen LogP contribution in [0.15, 0.2) is 35.9 Å². The Bertz CT molecular complexity index is 1280. The average molecular weight is 509 g/mol. The van der Waals surface area contributed by atoms with Crippen LogP contribution in [0.3, 0.4) is 0 Å². The third-order valence-electron chi connectivity index (χ3n) is 7.21. The molecule has 1 atom stereocenters. The Balaban J connectivity index is 1.45. The van der Waals surface area contributed by atoms with Gasteiger partial charge in [-0.15, -0.1) is 0 Å². The molecule has 10 heteroatoms. The van der Waals surface area contributed by atoms with Gasteiger partial charge in [0.1, 0.15) is 19.0 Å². The van der Waals surface area contributed by atoms with Crippen molar-refractivity contribution in [1.29, 1.82) is 0 Å². The second kappa shape index (κ2) is 9.51. The van der Waals surface area contributed by atoms with E-state index < -0.39 is 17.7 Å². The lowest BCUT2D eigenvalue weighted by Gasteiger charge is -2.28. The molecular formula is C27H28N2O8. The molecule has 0 aliphatic carbocycles. The van der Waals surface area contributed by atoms with Crippen molar-refractivity contribution in [3.63, 3.8) is 0 Å². The standard InChI is InChI=1S/C27H28N2O8/c1-33-20-13-17(14-21-26(20)37-15-36-21)23-22(24(30)16-4-5-18-19(12-16)35-11-10-34-18)25(31)27(32)29(23)9-8-28-6-2-3-7-28/h4-5,12-14,23,30H,2-3,6-11,15H2,1H3/t23-/m1/s1. The molecular weight excluding hydrogens is 480 g/mol. The van der Waals surface area contributed by atoms with Gasteiger partial charge in [-0.1, -0.05) is 0 Å². The smallest absolute Gasteiger partial charge is 0.295 e. The second-order valence-electron chi connectivity index (χ2n) is 9.36. The molecule has 1 N–H and O–H groups in total. The largest absolute Gasteiger partial charge is 0.507 e. The van der Waals surface area contributed by atoms with Crippen molar-refractivity contribution in [2.75, 3.05) is 53.3 Å². The minimum Gasteiger partial charge on any atom is -0.507 e. The predicted octanol–water partition coefficient (Wildman–Crippen LogP) is 2.71. The summed E-state index contributed by atoms with van der Waals surface area (Å²) in [4.78, 5) is 30.6. The van der Waals surface area contributed by atoms with E-state index in [2.05, 4.69) is 4.90 Å². The zero-order chi connectivity index (χ0) is 25.5. The van der Waals surface area contributed by atoms with Gasteiger partial charge in [-0.25, -0.2) is 0 Å². The van der Waals surface area contributed by atoms with E-state index in [0.29, 0.717) is 66.2 Å². The van der Waals surface area contributed by atoms with Gasteiger partial charge >= 0.3 is 0 Å². The summed E-state index contributed by atoms with van der Waals surface area (Å²) in [5.41, 5.74) is 0.948. The highest BCUT2D eigenvalue weighted by molar-refractivity contribution is 6.46. The Labute approximate surface area is 213 Å². The van der Waals surface area contributed by atoms with Crippen LogP contribution in [0.1, 0.15) is 30.0 Å². The summed E-state index contributed by atoms with van der Waals surface area (Å²) in [7, 11) is 1.51. The monoisotopic (exact) mass is 508 g/mol. The second-order valence-corrected chi connectivity index (χ2v) is 9.36. The molecule has 6 rings (SSSR count). The Morgan fingerprint density at radius 3 is 2.54 bits per heavy atom. The third-order valence-corrected chi connectivity index (χ3v) is 7.21. The van der Waals surface area contributed by atoms with Gasteiger partial charge < -0.3 is 38.6 Å². The normalized spacial score (nSPS) is 22.1. The first-order valence-electron chi connectivity index (χ1n) is 12.4. The molecule has 37 heavy (non-hydrogen) atoms. The van der Waals surface area contributed by atoms with Crippen molar-refractivity contribution in [2.24, 2.45) is 0 Å². The van der Waals surface area contributed by atoms with Crippen molar-refractivity contribution < 1.29 is 38.4 Å². The van der Waals surface area contributed by atoms with Gasteiger partial charge in [0, 0.05) is 18.7 Å². The van der Waals surface area contributed by atoms with Crippen molar-refractivity contribution in [1.82, 2.24) is 9.80 Å². The van der Waals surface area contributed by atoms with Gasteiger partial charge in [-0.2, -0.15) is 0 Å². The van der Waals surface area contributed by atoms with E-state index >= 15 is 0 Å². The number of fused-ring (bicyclic) bond motifs is 2.